The lowest BCUT2D eigenvalue weighted by molar-refractivity contribution is 0.128. The van der Waals surface area contributed by atoms with Gasteiger partial charge in [-0.2, -0.15) is 5.26 Å². The van der Waals surface area contributed by atoms with Gasteiger partial charge in [-0.15, -0.1) is 0 Å². The minimum absolute atomic E-state index is 0.0701. The smallest absolute Gasteiger partial charge is 0.252 e. The summed E-state index contributed by atoms with van der Waals surface area (Å²) in [6.45, 7) is 5.74. The molecule has 0 saturated carbocycles. The monoisotopic (exact) mass is 499 g/mol. The molecule has 4 heterocycles. The van der Waals surface area contributed by atoms with Gasteiger partial charge in [0.25, 0.3) is 5.56 Å². The van der Waals surface area contributed by atoms with Crippen molar-refractivity contribution >= 4 is 28.3 Å². The van der Waals surface area contributed by atoms with Gasteiger partial charge in [0.15, 0.2) is 0 Å². The average molecular weight is 500 g/mol. The molecule has 0 spiro atoms. The van der Waals surface area contributed by atoms with Gasteiger partial charge < -0.3 is 9.47 Å². The van der Waals surface area contributed by atoms with Crippen molar-refractivity contribution in [3.8, 4) is 6.07 Å². The maximum atomic E-state index is 12.8. The fourth-order valence-electron chi connectivity index (χ4n) is 5.08. The molecule has 1 aliphatic heterocycles. The second kappa shape index (κ2) is 9.69. The molecule has 0 aliphatic carbocycles. The molecule has 1 saturated heterocycles. The van der Waals surface area contributed by atoms with Crippen molar-refractivity contribution in [1.29, 1.82) is 5.26 Å². The van der Waals surface area contributed by atoms with Crippen LogP contribution in [-0.2, 0) is 7.05 Å². The average Bonchev–Trinajstić information content (AvgIpc) is 2.89. The highest BCUT2D eigenvalue weighted by molar-refractivity contribution is 6.30. The molecular weight excluding hydrogens is 474 g/mol. The van der Waals surface area contributed by atoms with Gasteiger partial charge in [0.2, 0.25) is 0 Å². The molecule has 182 valence electrons. The molecule has 1 aliphatic rings. The van der Waals surface area contributed by atoms with Crippen molar-refractivity contribution in [2.45, 2.75) is 32.0 Å². The summed E-state index contributed by atoms with van der Waals surface area (Å²) in [5, 5.41) is 10.1. The first-order valence-electron chi connectivity index (χ1n) is 11.8. The van der Waals surface area contributed by atoms with Crippen molar-refractivity contribution in [2.75, 3.05) is 18.0 Å². The van der Waals surface area contributed by atoms with Gasteiger partial charge in [-0.05, 0) is 49.7 Å². The topological polar surface area (TPSA) is 90.9 Å². The van der Waals surface area contributed by atoms with Gasteiger partial charge in [0, 0.05) is 49.5 Å². The Hall–Kier alpha value is -3.80. The summed E-state index contributed by atoms with van der Waals surface area (Å²) in [6, 6.07) is 17.1. The van der Waals surface area contributed by atoms with Crippen molar-refractivity contribution in [1.82, 2.24) is 24.4 Å². The van der Waals surface area contributed by atoms with E-state index in [1.165, 1.54) is 0 Å². The molecule has 36 heavy (non-hydrogen) atoms. The molecule has 1 aromatic carbocycles. The van der Waals surface area contributed by atoms with Crippen LogP contribution >= 0.6 is 11.6 Å². The SMILES string of the molecule is C[C@@H]1CN(c2cc(=O)n(C)c3ccc(C#N)nc23)[C@@H](C)CN1C(c1ccc(Cl)cc1)c1ccncn1. The number of rotatable bonds is 4. The lowest BCUT2D eigenvalue weighted by Crippen LogP contribution is -2.57. The number of hydrogen-bond acceptors (Lipinski definition) is 7. The Bertz CT molecular complexity index is 1500. The van der Waals surface area contributed by atoms with Crippen LogP contribution in [0.4, 0.5) is 5.69 Å². The van der Waals surface area contributed by atoms with Crippen molar-refractivity contribution in [2.24, 2.45) is 7.05 Å². The zero-order valence-electron chi connectivity index (χ0n) is 20.3. The van der Waals surface area contributed by atoms with E-state index < -0.39 is 0 Å². The highest BCUT2D eigenvalue weighted by atomic mass is 35.5. The second-order valence-electron chi connectivity index (χ2n) is 9.24. The van der Waals surface area contributed by atoms with Gasteiger partial charge in [-0.1, -0.05) is 23.7 Å². The number of fused-ring (bicyclic) bond motifs is 1. The molecule has 0 bridgehead atoms. The van der Waals surface area contributed by atoms with Crippen LogP contribution in [0.25, 0.3) is 11.0 Å². The number of aryl methyl sites for hydroxylation is 1. The van der Waals surface area contributed by atoms with Gasteiger partial charge in [0.1, 0.15) is 23.6 Å². The van der Waals surface area contributed by atoms with Crippen LogP contribution in [0.3, 0.4) is 0 Å². The third-order valence-electron chi connectivity index (χ3n) is 6.93. The first kappa shape index (κ1) is 23.9. The molecule has 9 heteroatoms. The minimum atomic E-state index is -0.105. The molecule has 3 atom stereocenters. The zero-order valence-corrected chi connectivity index (χ0v) is 21.1. The van der Waals surface area contributed by atoms with E-state index in [2.05, 4.69) is 44.7 Å². The predicted octanol–water partition coefficient (Wildman–Crippen LogP) is 3.94. The van der Waals surface area contributed by atoms with Crippen molar-refractivity contribution in [3.05, 3.63) is 93.4 Å². The quantitative estimate of drug-likeness (QED) is 0.420. The van der Waals surface area contributed by atoms with Gasteiger partial charge in [-0.3, -0.25) is 9.69 Å². The summed E-state index contributed by atoms with van der Waals surface area (Å²) >= 11 is 6.18. The molecule has 3 aromatic heterocycles. The second-order valence-corrected chi connectivity index (χ2v) is 9.67. The van der Waals surface area contributed by atoms with E-state index in [0.717, 1.165) is 23.5 Å². The summed E-state index contributed by atoms with van der Waals surface area (Å²) in [4.78, 5) is 30.8. The number of pyridine rings is 2. The Labute approximate surface area is 214 Å². The third-order valence-corrected chi connectivity index (χ3v) is 7.18. The van der Waals surface area contributed by atoms with E-state index in [0.29, 0.717) is 28.3 Å². The number of aromatic nitrogens is 4. The fraction of sp³-hybridized carbons (Fsp3) is 0.296. The van der Waals surface area contributed by atoms with Crippen LogP contribution in [0.15, 0.2) is 65.8 Å². The summed E-state index contributed by atoms with van der Waals surface area (Å²) in [5.74, 6) is 0. The standard InChI is InChI=1S/C27H26ClN7O/c1-17-15-35(27(22-10-11-30-16-31-22)19-4-6-20(28)7-5-19)18(2)14-34(17)24-12-25(36)33(3)23-9-8-21(13-29)32-26(23)24/h4-12,16-18,27H,14-15H2,1-3H3/t17-,18+,27?/m0/s1. The molecule has 4 aromatic rings. The van der Waals surface area contributed by atoms with Crippen LogP contribution < -0.4 is 10.5 Å². The zero-order chi connectivity index (χ0) is 25.4. The van der Waals surface area contributed by atoms with E-state index in [4.69, 9.17) is 11.6 Å². The summed E-state index contributed by atoms with van der Waals surface area (Å²) in [5.41, 5.74) is 4.37. The Morgan fingerprint density at radius 1 is 1.08 bits per heavy atom. The molecule has 1 fully saturated rings. The number of piperazine rings is 1. The van der Waals surface area contributed by atoms with Crippen LogP contribution in [0.2, 0.25) is 5.02 Å². The first-order chi connectivity index (χ1) is 17.4. The lowest BCUT2D eigenvalue weighted by Gasteiger charge is -2.48. The Balaban J connectivity index is 1.55. The Morgan fingerprint density at radius 2 is 1.86 bits per heavy atom. The Kier molecular flexibility index (Phi) is 6.44. The maximum Gasteiger partial charge on any atom is 0.252 e. The van der Waals surface area contributed by atoms with Gasteiger partial charge in [-0.25, -0.2) is 15.0 Å². The minimum Gasteiger partial charge on any atom is -0.364 e. The molecule has 8 nitrogen and oxygen atoms in total. The number of benzene rings is 1. The highest BCUT2D eigenvalue weighted by Crippen LogP contribution is 2.35. The number of nitrogens with zero attached hydrogens (tertiary/aromatic N) is 7. The van der Waals surface area contributed by atoms with Crippen LogP contribution in [0.1, 0.15) is 36.8 Å². The highest BCUT2D eigenvalue weighted by Gasteiger charge is 2.36. The first-order valence-corrected chi connectivity index (χ1v) is 12.2. The number of nitriles is 1. The number of halogens is 1. The fourth-order valence-corrected chi connectivity index (χ4v) is 5.21. The lowest BCUT2D eigenvalue weighted by atomic mass is 9.96. The van der Waals surface area contributed by atoms with E-state index >= 15 is 0 Å². The third kappa shape index (κ3) is 4.32. The molecular formula is C27H26ClN7O. The number of anilines is 1. The van der Waals surface area contributed by atoms with Crippen LogP contribution in [0, 0.1) is 11.3 Å². The van der Waals surface area contributed by atoms with Gasteiger partial charge >= 0.3 is 0 Å². The summed E-state index contributed by atoms with van der Waals surface area (Å²) in [7, 11) is 1.73. The summed E-state index contributed by atoms with van der Waals surface area (Å²) < 4.78 is 1.57. The van der Waals surface area contributed by atoms with Crippen molar-refractivity contribution < 1.29 is 0 Å². The molecule has 5 rings (SSSR count). The van der Waals surface area contributed by atoms with E-state index in [9.17, 15) is 10.1 Å². The Morgan fingerprint density at radius 3 is 2.56 bits per heavy atom. The molecule has 1 unspecified atom stereocenters. The summed E-state index contributed by atoms with van der Waals surface area (Å²) in [6.07, 6.45) is 3.34. The van der Waals surface area contributed by atoms with Crippen molar-refractivity contribution in [3.63, 3.8) is 0 Å². The molecule has 0 radical (unpaired) electrons. The number of hydrogen-bond donors (Lipinski definition) is 0. The van der Waals surface area contributed by atoms with Crippen LogP contribution in [0.5, 0.6) is 0 Å². The largest absolute Gasteiger partial charge is 0.364 e. The van der Waals surface area contributed by atoms with E-state index in [-0.39, 0.29) is 23.7 Å². The van der Waals surface area contributed by atoms with E-state index in [1.54, 1.807) is 42.3 Å². The molecule has 0 amide bonds. The van der Waals surface area contributed by atoms with E-state index in [1.807, 2.05) is 30.3 Å². The van der Waals surface area contributed by atoms with Gasteiger partial charge in [0.05, 0.1) is 22.9 Å². The maximum absolute atomic E-state index is 12.8. The van der Waals surface area contributed by atoms with Crippen LogP contribution in [-0.4, -0.2) is 49.6 Å². The molecule has 0 N–H and O–H groups in total. The predicted molar refractivity (Wildman–Crippen MR) is 140 cm³/mol. The normalized spacial score (nSPS) is 19.2.